The Morgan fingerprint density at radius 2 is 2.05 bits per heavy atom. The maximum Gasteiger partial charge on any atom is 0.252 e. The lowest BCUT2D eigenvalue weighted by Gasteiger charge is -2.17. The van der Waals surface area contributed by atoms with E-state index >= 15 is 0 Å². The number of thiophene rings is 1. The maximum atomic E-state index is 13.2. The number of aromatic amines is 1. The average Bonchev–Trinajstić information content (AvgIpc) is 3.67. The van der Waals surface area contributed by atoms with Gasteiger partial charge in [0, 0.05) is 39.8 Å². The van der Waals surface area contributed by atoms with Gasteiger partial charge in [-0.1, -0.05) is 24.3 Å². The predicted octanol–water partition coefficient (Wildman–Crippen LogP) is 5.68. The molecule has 0 radical (unpaired) electrons. The van der Waals surface area contributed by atoms with Gasteiger partial charge in [-0.3, -0.25) is 9.89 Å². The minimum Gasteiger partial charge on any atom is -0.393 e. The van der Waals surface area contributed by atoms with Crippen molar-refractivity contribution in [3.63, 3.8) is 0 Å². The molecule has 37 heavy (non-hydrogen) atoms. The molecule has 4 aromatic rings. The summed E-state index contributed by atoms with van der Waals surface area (Å²) in [5.74, 6) is -0.104. The fraction of sp³-hybridized carbons (Fsp3) is 0.310. The third kappa shape index (κ3) is 6.28. The number of carbonyl (C=O) groups is 1. The van der Waals surface area contributed by atoms with Gasteiger partial charge in [0.1, 0.15) is 0 Å². The fourth-order valence-electron chi connectivity index (χ4n) is 4.77. The van der Waals surface area contributed by atoms with E-state index in [1.54, 1.807) is 23.7 Å². The predicted molar refractivity (Wildman–Crippen MR) is 149 cm³/mol. The van der Waals surface area contributed by atoms with Crippen LogP contribution in [0.4, 0.5) is 11.4 Å². The Kier molecular flexibility index (Phi) is 7.69. The van der Waals surface area contributed by atoms with E-state index in [0.29, 0.717) is 11.6 Å². The third-order valence-corrected chi connectivity index (χ3v) is 8.05. The normalized spacial score (nSPS) is 18.0. The highest BCUT2D eigenvalue weighted by molar-refractivity contribution is 7.15. The SMILES string of the molecule is Cc1ccc(Nc2cn[nH]c2)cc1C(=O)N[C@H](C)c1cccc(-c2ccc(CN[C@H]3CC[C@@H](O)C3)s2)c1. The van der Waals surface area contributed by atoms with Gasteiger partial charge in [0.25, 0.3) is 5.91 Å². The van der Waals surface area contributed by atoms with Crippen LogP contribution in [0.1, 0.15) is 58.6 Å². The Hall–Kier alpha value is -3.46. The van der Waals surface area contributed by atoms with Gasteiger partial charge < -0.3 is 21.1 Å². The van der Waals surface area contributed by atoms with E-state index in [0.717, 1.165) is 53.9 Å². The van der Waals surface area contributed by atoms with Crippen molar-refractivity contribution >= 4 is 28.6 Å². The van der Waals surface area contributed by atoms with Crippen LogP contribution in [0, 0.1) is 6.92 Å². The maximum absolute atomic E-state index is 13.2. The molecule has 5 rings (SSSR count). The van der Waals surface area contributed by atoms with Crippen LogP contribution in [0.3, 0.4) is 0 Å². The molecule has 0 bridgehead atoms. The van der Waals surface area contributed by atoms with Gasteiger partial charge in [0.15, 0.2) is 0 Å². The summed E-state index contributed by atoms with van der Waals surface area (Å²) in [4.78, 5) is 15.7. The van der Waals surface area contributed by atoms with Gasteiger partial charge in [-0.25, -0.2) is 0 Å². The lowest BCUT2D eigenvalue weighted by Crippen LogP contribution is -2.27. The van der Waals surface area contributed by atoms with E-state index in [1.807, 2.05) is 38.1 Å². The quantitative estimate of drug-likeness (QED) is 0.197. The third-order valence-electron chi connectivity index (χ3n) is 6.92. The number of hydrogen-bond acceptors (Lipinski definition) is 6. The van der Waals surface area contributed by atoms with Gasteiger partial charge in [0.05, 0.1) is 24.0 Å². The molecule has 1 fully saturated rings. The molecule has 192 valence electrons. The van der Waals surface area contributed by atoms with E-state index in [1.165, 1.54) is 9.75 Å². The monoisotopic (exact) mass is 515 g/mol. The van der Waals surface area contributed by atoms with Crippen LogP contribution in [-0.4, -0.2) is 33.4 Å². The minimum atomic E-state index is -0.159. The number of carbonyl (C=O) groups excluding carboxylic acids is 1. The first-order valence-corrected chi connectivity index (χ1v) is 13.5. The molecule has 1 saturated carbocycles. The Bertz CT molecular complexity index is 1350. The molecule has 2 aromatic carbocycles. The summed E-state index contributed by atoms with van der Waals surface area (Å²) in [6.45, 7) is 4.78. The number of amides is 1. The number of nitrogens with one attached hydrogen (secondary N) is 4. The van der Waals surface area contributed by atoms with Gasteiger partial charge in [0.2, 0.25) is 0 Å². The lowest BCUT2D eigenvalue weighted by molar-refractivity contribution is 0.0939. The summed E-state index contributed by atoms with van der Waals surface area (Å²) in [7, 11) is 0. The van der Waals surface area contributed by atoms with Crippen LogP contribution in [-0.2, 0) is 6.54 Å². The smallest absolute Gasteiger partial charge is 0.252 e. The van der Waals surface area contributed by atoms with Crippen molar-refractivity contribution in [1.29, 1.82) is 0 Å². The summed E-state index contributed by atoms with van der Waals surface area (Å²) in [6, 6.07) is 18.7. The van der Waals surface area contributed by atoms with E-state index in [2.05, 4.69) is 56.5 Å². The van der Waals surface area contributed by atoms with Gasteiger partial charge in [-0.05, 0) is 80.1 Å². The Balaban J connectivity index is 1.23. The summed E-state index contributed by atoms with van der Waals surface area (Å²) in [5.41, 5.74) is 5.44. The van der Waals surface area contributed by atoms with Crippen molar-refractivity contribution in [3.05, 3.63) is 88.6 Å². The molecule has 3 atom stereocenters. The van der Waals surface area contributed by atoms with Gasteiger partial charge >= 0.3 is 0 Å². The molecule has 7 nitrogen and oxygen atoms in total. The van der Waals surface area contributed by atoms with Crippen LogP contribution in [0.25, 0.3) is 10.4 Å². The molecule has 0 unspecified atom stereocenters. The van der Waals surface area contributed by atoms with Crippen LogP contribution in [0.15, 0.2) is 67.0 Å². The van der Waals surface area contributed by atoms with Crippen molar-refractivity contribution in [2.75, 3.05) is 5.32 Å². The standard InChI is InChI=1S/C29H33N5O2S/c1-18-6-7-23(34-24-15-31-32-16-24)14-27(18)29(36)33-19(2)20-4-3-5-21(12-20)28-11-10-26(37-28)17-30-22-8-9-25(35)13-22/h3-7,10-12,14-16,19,22,25,30,34-35H,8-9,13,17H2,1-2H3,(H,31,32)(H,33,36)/t19-,22+,25-/m1/s1. The number of anilines is 2. The molecular weight excluding hydrogens is 482 g/mol. The number of aryl methyl sites for hydroxylation is 1. The van der Waals surface area contributed by atoms with E-state index in [-0.39, 0.29) is 18.1 Å². The Labute approximate surface area is 221 Å². The average molecular weight is 516 g/mol. The Morgan fingerprint density at radius 3 is 2.84 bits per heavy atom. The summed E-state index contributed by atoms with van der Waals surface area (Å²) >= 11 is 1.78. The van der Waals surface area contributed by atoms with Crippen molar-refractivity contribution in [3.8, 4) is 10.4 Å². The molecule has 8 heteroatoms. The van der Waals surface area contributed by atoms with Crippen LogP contribution >= 0.6 is 11.3 Å². The number of nitrogens with zero attached hydrogens (tertiary/aromatic N) is 1. The number of benzene rings is 2. The van der Waals surface area contributed by atoms with Gasteiger partial charge in [-0.2, -0.15) is 5.10 Å². The van der Waals surface area contributed by atoms with E-state index in [9.17, 15) is 9.90 Å². The second-order valence-corrected chi connectivity index (χ2v) is 10.9. The molecule has 0 aliphatic heterocycles. The zero-order valence-electron chi connectivity index (χ0n) is 21.1. The fourth-order valence-corrected chi connectivity index (χ4v) is 5.72. The molecular formula is C29H33N5O2S. The van der Waals surface area contributed by atoms with E-state index in [4.69, 9.17) is 0 Å². The zero-order chi connectivity index (χ0) is 25.8. The molecule has 2 aromatic heterocycles. The topological polar surface area (TPSA) is 102 Å². The molecule has 0 saturated heterocycles. The number of rotatable bonds is 9. The Morgan fingerprint density at radius 1 is 1.16 bits per heavy atom. The molecule has 1 aliphatic carbocycles. The van der Waals surface area contributed by atoms with Crippen molar-refractivity contribution in [2.45, 2.75) is 57.8 Å². The number of aliphatic hydroxyl groups excluding tert-OH is 1. The molecule has 1 aliphatic rings. The van der Waals surface area contributed by atoms with Crippen LogP contribution in [0.2, 0.25) is 0 Å². The molecule has 0 spiro atoms. The lowest BCUT2D eigenvalue weighted by atomic mass is 10.0. The highest BCUT2D eigenvalue weighted by Crippen LogP contribution is 2.31. The van der Waals surface area contributed by atoms with Gasteiger partial charge in [-0.15, -0.1) is 11.3 Å². The number of hydrogen-bond donors (Lipinski definition) is 5. The van der Waals surface area contributed by atoms with Crippen molar-refractivity contribution < 1.29 is 9.90 Å². The van der Waals surface area contributed by atoms with Crippen LogP contribution in [0.5, 0.6) is 0 Å². The largest absolute Gasteiger partial charge is 0.393 e. The second kappa shape index (κ2) is 11.3. The van der Waals surface area contributed by atoms with Crippen molar-refractivity contribution in [1.82, 2.24) is 20.8 Å². The van der Waals surface area contributed by atoms with Crippen LogP contribution < -0.4 is 16.0 Å². The summed E-state index contributed by atoms with van der Waals surface area (Å²) < 4.78 is 0. The highest BCUT2D eigenvalue weighted by atomic mass is 32.1. The first kappa shape index (κ1) is 25.2. The molecule has 1 amide bonds. The van der Waals surface area contributed by atoms with Crippen molar-refractivity contribution in [2.24, 2.45) is 0 Å². The first-order valence-electron chi connectivity index (χ1n) is 12.7. The summed E-state index contributed by atoms with van der Waals surface area (Å²) in [5, 5.41) is 26.5. The summed E-state index contributed by atoms with van der Waals surface area (Å²) in [6.07, 6.45) is 6.07. The number of H-pyrrole nitrogens is 1. The molecule has 5 N–H and O–H groups in total. The van der Waals surface area contributed by atoms with E-state index < -0.39 is 0 Å². The number of aliphatic hydroxyl groups is 1. The molecule has 2 heterocycles. The zero-order valence-corrected chi connectivity index (χ0v) is 21.9. The number of aromatic nitrogens is 2. The highest BCUT2D eigenvalue weighted by Gasteiger charge is 2.22. The second-order valence-electron chi connectivity index (χ2n) is 9.77. The minimum absolute atomic E-state index is 0.104. The first-order chi connectivity index (χ1) is 17.9.